The molecular weight excluding hydrogens is 376 g/mol. The fraction of sp³-hybridized carbons (Fsp3) is 1.00. The summed E-state index contributed by atoms with van der Waals surface area (Å²) in [5.74, 6) is 2.98. The Morgan fingerprint density at radius 2 is 0.857 bits per heavy atom. The van der Waals surface area contributed by atoms with Crippen LogP contribution in [-0.4, -0.2) is 31.7 Å². The average Bonchev–Trinajstić information content (AvgIpc) is 2.59. The van der Waals surface area contributed by atoms with Gasteiger partial charge < -0.3 is 8.85 Å². The van der Waals surface area contributed by atoms with Crippen molar-refractivity contribution in [3.63, 3.8) is 0 Å². The van der Waals surface area contributed by atoms with E-state index < -0.39 is 0 Å². The summed E-state index contributed by atoms with van der Waals surface area (Å²) in [6.45, 7) is 18.6. The van der Waals surface area contributed by atoms with Crippen molar-refractivity contribution in [1.29, 1.82) is 0 Å². The average molecular weight is 431 g/mol. The third kappa shape index (κ3) is 17.2. The molecule has 0 aromatic carbocycles. The maximum atomic E-state index is 6.34. The van der Waals surface area contributed by atoms with E-state index in [1.165, 1.54) is 63.5 Å². The zero-order valence-electron chi connectivity index (χ0n) is 20.8. The van der Waals surface area contributed by atoms with Crippen LogP contribution in [0.5, 0.6) is 0 Å². The van der Waals surface area contributed by atoms with E-state index >= 15 is 0 Å². The van der Waals surface area contributed by atoms with Gasteiger partial charge in [0.05, 0.1) is 0 Å². The van der Waals surface area contributed by atoms with Gasteiger partial charge in [0.15, 0.2) is 19.5 Å². The van der Waals surface area contributed by atoms with Crippen molar-refractivity contribution in [3.8, 4) is 0 Å². The summed E-state index contributed by atoms with van der Waals surface area (Å²) < 4.78 is 12.7. The smallest absolute Gasteiger partial charge is 0.161 e. The number of unbranched alkanes of at least 4 members (excludes halogenated alkanes) is 1. The summed E-state index contributed by atoms with van der Waals surface area (Å²) in [5, 5.41) is 0. The van der Waals surface area contributed by atoms with Gasteiger partial charge in [-0.15, -0.1) is 0 Å². The van der Waals surface area contributed by atoms with E-state index in [2.05, 4.69) is 55.4 Å². The third-order valence-electron chi connectivity index (χ3n) is 5.73. The van der Waals surface area contributed by atoms with Gasteiger partial charge in [-0.2, -0.15) is 0 Å². The predicted molar refractivity (Wildman–Crippen MR) is 133 cm³/mol. The summed E-state index contributed by atoms with van der Waals surface area (Å²) in [5.41, 5.74) is 0. The molecule has 0 amide bonds. The molecule has 0 bridgehead atoms. The largest absolute Gasteiger partial charge is 0.421 e. The summed E-state index contributed by atoms with van der Waals surface area (Å²) >= 11 is 0. The third-order valence-corrected chi connectivity index (χ3v) is 8.63. The molecule has 0 radical (unpaired) electrons. The van der Waals surface area contributed by atoms with Gasteiger partial charge in [0.2, 0.25) is 0 Å². The minimum Gasteiger partial charge on any atom is -0.421 e. The first kappa shape index (κ1) is 28.4. The van der Waals surface area contributed by atoms with Crippen LogP contribution in [0.2, 0.25) is 12.1 Å². The molecule has 28 heavy (non-hydrogen) atoms. The lowest BCUT2D eigenvalue weighted by atomic mass is 9.98. The van der Waals surface area contributed by atoms with Gasteiger partial charge in [-0.05, 0) is 48.6 Å². The number of hydrogen-bond acceptors (Lipinski definition) is 2. The van der Waals surface area contributed by atoms with Crippen LogP contribution in [-0.2, 0) is 8.85 Å². The maximum Gasteiger partial charge on any atom is 0.161 e. The standard InChI is InChI=1S/C24H54O2Si2/c1-19(2)13-11-15-23(21(5)6)25-27-17-9-10-18-28-26-24(22(7)8)16-12-14-20(3)4/h19-24H,9-18,27-28H2,1-8H3. The van der Waals surface area contributed by atoms with Crippen molar-refractivity contribution >= 4 is 19.5 Å². The molecule has 2 atom stereocenters. The van der Waals surface area contributed by atoms with Crippen LogP contribution in [0.3, 0.4) is 0 Å². The number of hydrogen-bond donors (Lipinski definition) is 0. The SMILES string of the molecule is CC(C)CCCC(O[SiH2]CCCC[SiH2]OC(CCCC(C)C)C(C)C)C(C)C. The Morgan fingerprint density at radius 1 is 0.500 bits per heavy atom. The first-order valence-electron chi connectivity index (χ1n) is 12.5. The zero-order chi connectivity index (χ0) is 21.4. The van der Waals surface area contributed by atoms with Gasteiger partial charge >= 0.3 is 0 Å². The van der Waals surface area contributed by atoms with E-state index in [1.54, 1.807) is 0 Å². The monoisotopic (exact) mass is 430 g/mol. The van der Waals surface area contributed by atoms with Gasteiger partial charge in [0.1, 0.15) is 0 Å². The molecule has 0 aromatic heterocycles. The van der Waals surface area contributed by atoms with Crippen molar-refractivity contribution in [2.24, 2.45) is 23.7 Å². The Kier molecular flexibility index (Phi) is 18.4. The lowest BCUT2D eigenvalue weighted by molar-refractivity contribution is 0.142. The molecule has 170 valence electrons. The topological polar surface area (TPSA) is 18.5 Å². The van der Waals surface area contributed by atoms with Crippen molar-refractivity contribution in [2.75, 3.05) is 0 Å². The minimum absolute atomic E-state index is 0.334. The minimum atomic E-state index is -0.334. The lowest BCUT2D eigenvalue weighted by Crippen LogP contribution is -2.22. The highest BCUT2D eigenvalue weighted by molar-refractivity contribution is 6.27. The van der Waals surface area contributed by atoms with Gasteiger partial charge in [0.25, 0.3) is 0 Å². The lowest BCUT2D eigenvalue weighted by Gasteiger charge is -2.23. The molecule has 0 spiro atoms. The maximum absolute atomic E-state index is 6.34. The molecule has 0 aromatic rings. The highest BCUT2D eigenvalue weighted by Crippen LogP contribution is 2.18. The van der Waals surface area contributed by atoms with Crippen molar-refractivity contribution in [3.05, 3.63) is 0 Å². The van der Waals surface area contributed by atoms with Crippen LogP contribution in [0, 0.1) is 23.7 Å². The highest BCUT2D eigenvalue weighted by atomic mass is 28.2. The van der Waals surface area contributed by atoms with Gasteiger partial charge in [0, 0.05) is 12.2 Å². The Balaban J connectivity index is 3.74. The van der Waals surface area contributed by atoms with Crippen molar-refractivity contribution < 1.29 is 8.85 Å². The quantitative estimate of drug-likeness (QED) is 0.172. The summed E-state index contributed by atoms with van der Waals surface area (Å²) in [4.78, 5) is 0. The predicted octanol–water partition coefficient (Wildman–Crippen LogP) is 6.51. The van der Waals surface area contributed by atoms with E-state index in [0.717, 1.165) is 11.8 Å². The van der Waals surface area contributed by atoms with E-state index in [0.29, 0.717) is 24.0 Å². The Hall–Kier alpha value is 0.354. The van der Waals surface area contributed by atoms with E-state index in [4.69, 9.17) is 8.85 Å². The Labute approximate surface area is 183 Å². The van der Waals surface area contributed by atoms with Crippen LogP contribution in [0.25, 0.3) is 0 Å². The summed E-state index contributed by atoms with van der Waals surface area (Å²) in [6, 6.07) is 2.70. The second kappa shape index (κ2) is 18.1. The molecule has 2 nitrogen and oxygen atoms in total. The Bertz CT molecular complexity index is 301. The first-order valence-corrected chi connectivity index (χ1v) is 15.6. The molecule has 0 saturated heterocycles. The molecule has 0 heterocycles. The molecule has 2 unspecified atom stereocenters. The normalized spacial score (nSPS) is 15.4. The van der Waals surface area contributed by atoms with Crippen LogP contribution < -0.4 is 0 Å². The molecule has 4 heteroatoms. The zero-order valence-corrected chi connectivity index (χ0v) is 23.6. The van der Waals surface area contributed by atoms with E-state index in [9.17, 15) is 0 Å². The molecule has 0 aliphatic rings. The molecule has 0 saturated carbocycles. The van der Waals surface area contributed by atoms with E-state index in [-0.39, 0.29) is 19.5 Å². The van der Waals surface area contributed by atoms with E-state index in [1.807, 2.05) is 0 Å². The molecule has 0 N–H and O–H groups in total. The van der Waals surface area contributed by atoms with Crippen LogP contribution in [0.15, 0.2) is 0 Å². The molecule has 0 aliphatic heterocycles. The fourth-order valence-electron chi connectivity index (χ4n) is 3.70. The highest BCUT2D eigenvalue weighted by Gasteiger charge is 2.14. The molecular formula is C24H54O2Si2. The van der Waals surface area contributed by atoms with Crippen LogP contribution in [0.4, 0.5) is 0 Å². The second-order valence-electron chi connectivity index (χ2n) is 10.4. The first-order chi connectivity index (χ1) is 13.2. The van der Waals surface area contributed by atoms with Crippen molar-refractivity contribution in [1.82, 2.24) is 0 Å². The molecule has 0 fully saturated rings. The molecule has 0 rings (SSSR count). The number of rotatable bonds is 19. The molecule has 0 aliphatic carbocycles. The van der Waals surface area contributed by atoms with Crippen molar-refractivity contribution in [2.45, 2.75) is 131 Å². The summed E-state index contributed by atoms with van der Waals surface area (Å²) in [6.07, 6.45) is 11.6. The van der Waals surface area contributed by atoms with Crippen LogP contribution >= 0.6 is 0 Å². The Morgan fingerprint density at radius 3 is 1.14 bits per heavy atom. The van der Waals surface area contributed by atoms with Crippen LogP contribution in [0.1, 0.15) is 107 Å². The van der Waals surface area contributed by atoms with Gasteiger partial charge in [-0.1, -0.05) is 93.9 Å². The van der Waals surface area contributed by atoms with Gasteiger partial charge in [-0.25, -0.2) is 0 Å². The van der Waals surface area contributed by atoms with Gasteiger partial charge in [-0.3, -0.25) is 0 Å². The summed E-state index contributed by atoms with van der Waals surface area (Å²) in [7, 11) is -0.667. The fourth-order valence-corrected chi connectivity index (χ4v) is 6.86. The second-order valence-corrected chi connectivity index (χ2v) is 13.3.